The van der Waals surface area contributed by atoms with Crippen LogP contribution in [-0.4, -0.2) is 71.1 Å². The molecule has 0 radical (unpaired) electrons. The molecule has 182 valence electrons. The van der Waals surface area contributed by atoms with Gasteiger partial charge >= 0.3 is 0 Å². The third kappa shape index (κ3) is 6.66. The van der Waals surface area contributed by atoms with E-state index in [1.807, 2.05) is 77.7 Å². The van der Waals surface area contributed by atoms with Crippen molar-refractivity contribution in [1.29, 1.82) is 0 Å². The molecule has 1 saturated heterocycles. The van der Waals surface area contributed by atoms with E-state index in [2.05, 4.69) is 28.9 Å². The van der Waals surface area contributed by atoms with Crippen LogP contribution in [0.1, 0.15) is 19.4 Å². The highest BCUT2D eigenvalue weighted by Crippen LogP contribution is 2.19. The maximum atomic E-state index is 13.1. The van der Waals surface area contributed by atoms with Crippen LogP contribution in [-0.2, 0) is 16.0 Å². The lowest BCUT2D eigenvalue weighted by Gasteiger charge is -2.36. The van der Waals surface area contributed by atoms with Crippen molar-refractivity contribution in [3.05, 3.63) is 78.4 Å². The number of carbonyl (C=O) groups is 2. The summed E-state index contributed by atoms with van der Waals surface area (Å²) in [5.74, 6) is 1.09. The Morgan fingerprint density at radius 2 is 1.51 bits per heavy atom. The molecule has 4 rings (SSSR count). The minimum absolute atomic E-state index is 0.00257. The van der Waals surface area contributed by atoms with Crippen molar-refractivity contribution in [2.45, 2.75) is 20.3 Å². The fourth-order valence-corrected chi connectivity index (χ4v) is 4.28. The van der Waals surface area contributed by atoms with Crippen molar-refractivity contribution in [2.75, 3.05) is 44.2 Å². The molecule has 1 aliphatic rings. The number of benzene rings is 2. The monoisotopic (exact) mass is 471 g/mol. The number of aromatic nitrogens is 2. The zero-order valence-corrected chi connectivity index (χ0v) is 20.5. The second-order valence-electron chi connectivity index (χ2n) is 9.34. The van der Waals surface area contributed by atoms with Gasteiger partial charge in [0.25, 0.3) is 0 Å². The van der Waals surface area contributed by atoms with E-state index in [-0.39, 0.29) is 24.3 Å². The van der Waals surface area contributed by atoms with E-state index in [4.69, 9.17) is 0 Å². The molecule has 1 fully saturated rings. The van der Waals surface area contributed by atoms with Gasteiger partial charge in [-0.05, 0) is 23.6 Å². The molecule has 0 atom stereocenters. The molecule has 7 nitrogen and oxygen atoms in total. The van der Waals surface area contributed by atoms with Gasteiger partial charge in [0.15, 0.2) is 5.82 Å². The molecule has 2 heterocycles. The molecule has 1 aliphatic heterocycles. The summed E-state index contributed by atoms with van der Waals surface area (Å²) in [6.45, 7) is 7.40. The fraction of sp³-hybridized carbons (Fsp3) is 0.357. The first-order chi connectivity index (χ1) is 17.0. The van der Waals surface area contributed by atoms with Crippen LogP contribution in [0.15, 0.2) is 72.8 Å². The van der Waals surface area contributed by atoms with E-state index < -0.39 is 0 Å². The number of carbonyl (C=O) groups excluding carboxylic acids is 2. The van der Waals surface area contributed by atoms with Gasteiger partial charge in [-0.2, -0.15) is 0 Å². The predicted molar refractivity (Wildman–Crippen MR) is 138 cm³/mol. The summed E-state index contributed by atoms with van der Waals surface area (Å²) in [6, 6.07) is 23.6. The molecule has 0 bridgehead atoms. The van der Waals surface area contributed by atoms with Gasteiger partial charge in [-0.1, -0.05) is 74.5 Å². The number of nitrogens with zero attached hydrogens (tertiary/aromatic N) is 5. The topological polar surface area (TPSA) is 69.6 Å². The van der Waals surface area contributed by atoms with Gasteiger partial charge in [0, 0.05) is 38.3 Å². The first-order valence-corrected chi connectivity index (χ1v) is 12.2. The lowest BCUT2D eigenvalue weighted by molar-refractivity contribution is -0.140. The van der Waals surface area contributed by atoms with Gasteiger partial charge in [0.05, 0.1) is 18.7 Å². The summed E-state index contributed by atoms with van der Waals surface area (Å²) < 4.78 is 0. The van der Waals surface area contributed by atoms with Crippen LogP contribution < -0.4 is 4.90 Å². The maximum Gasteiger partial charge on any atom is 0.242 e. The third-order valence-electron chi connectivity index (χ3n) is 6.14. The van der Waals surface area contributed by atoms with E-state index in [1.54, 1.807) is 4.90 Å². The quantitative estimate of drug-likeness (QED) is 0.503. The van der Waals surface area contributed by atoms with Crippen LogP contribution in [0.5, 0.6) is 0 Å². The minimum atomic E-state index is -0.00864. The van der Waals surface area contributed by atoms with Crippen molar-refractivity contribution >= 4 is 17.6 Å². The number of hydrogen-bond acceptors (Lipinski definition) is 5. The second-order valence-corrected chi connectivity index (χ2v) is 9.34. The number of rotatable bonds is 8. The molecular weight excluding hydrogens is 438 g/mol. The summed E-state index contributed by atoms with van der Waals surface area (Å²) in [5.41, 5.74) is 2.84. The standard InChI is InChI=1S/C28H33N5O2/c1-22(2)20-33(27(34)19-23-9-5-3-6-10-23)21-28(35)32-17-15-31(16-18-32)26-14-13-25(29-30-26)24-11-7-4-8-12-24/h3-14,22H,15-21H2,1-2H3. The first-order valence-electron chi connectivity index (χ1n) is 12.2. The van der Waals surface area contributed by atoms with Crippen LogP contribution in [0.4, 0.5) is 5.82 Å². The Morgan fingerprint density at radius 3 is 2.11 bits per heavy atom. The van der Waals surface area contributed by atoms with Gasteiger partial charge in [0.2, 0.25) is 11.8 Å². The zero-order chi connectivity index (χ0) is 24.6. The third-order valence-corrected chi connectivity index (χ3v) is 6.14. The Morgan fingerprint density at radius 1 is 0.857 bits per heavy atom. The van der Waals surface area contributed by atoms with Crippen molar-refractivity contribution < 1.29 is 9.59 Å². The molecule has 3 aromatic rings. The Balaban J connectivity index is 1.32. The molecule has 0 unspecified atom stereocenters. The lowest BCUT2D eigenvalue weighted by Crippen LogP contribution is -2.52. The van der Waals surface area contributed by atoms with Crippen LogP contribution in [0.25, 0.3) is 11.3 Å². The van der Waals surface area contributed by atoms with E-state index in [1.165, 1.54) is 0 Å². The van der Waals surface area contributed by atoms with Gasteiger partial charge in [-0.25, -0.2) is 0 Å². The smallest absolute Gasteiger partial charge is 0.242 e. The van der Waals surface area contributed by atoms with Crippen LogP contribution in [0.3, 0.4) is 0 Å². The van der Waals surface area contributed by atoms with E-state index in [0.717, 1.165) is 22.6 Å². The molecule has 2 amide bonds. The fourth-order valence-electron chi connectivity index (χ4n) is 4.28. The summed E-state index contributed by atoms with van der Waals surface area (Å²) in [4.78, 5) is 31.8. The number of anilines is 1. The lowest BCUT2D eigenvalue weighted by atomic mass is 10.1. The zero-order valence-electron chi connectivity index (χ0n) is 20.5. The highest BCUT2D eigenvalue weighted by molar-refractivity contribution is 5.86. The van der Waals surface area contributed by atoms with Crippen molar-refractivity contribution in [1.82, 2.24) is 20.0 Å². The van der Waals surface area contributed by atoms with Crippen molar-refractivity contribution in [3.63, 3.8) is 0 Å². The highest BCUT2D eigenvalue weighted by atomic mass is 16.2. The summed E-state index contributed by atoms with van der Waals surface area (Å²) in [5, 5.41) is 8.79. The molecule has 7 heteroatoms. The predicted octanol–water partition coefficient (Wildman–Crippen LogP) is 3.52. The summed E-state index contributed by atoms with van der Waals surface area (Å²) in [6.07, 6.45) is 0.312. The summed E-state index contributed by atoms with van der Waals surface area (Å²) in [7, 11) is 0. The SMILES string of the molecule is CC(C)CN(CC(=O)N1CCN(c2ccc(-c3ccccc3)nn2)CC1)C(=O)Cc1ccccc1. The second kappa shape index (κ2) is 11.6. The number of amides is 2. The Kier molecular flexibility index (Phi) is 8.08. The largest absolute Gasteiger partial charge is 0.352 e. The molecule has 0 spiro atoms. The van der Waals surface area contributed by atoms with Gasteiger partial charge in [0.1, 0.15) is 0 Å². The Hall–Kier alpha value is -3.74. The van der Waals surface area contributed by atoms with E-state index in [9.17, 15) is 9.59 Å². The van der Waals surface area contributed by atoms with Crippen LogP contribution in [0, 0.1) is 5.92 Å². The van der Waals surface area contributed by atoms with Crippen molar-refractivity contribution in [2.24, 2.45) is 5.92 Å². The van der Waals surface area contributed by atoms with Gasteiger partial charge < -0.3 is 14.7 Å². The molecule has 2 aromatic carbocycles. The highest BCUT2D eigenvalue weighted by Gasteiger charge is 2.26. The number of piperazine rings is 1. The van der Waals surface area contributed by atoms with Crippen LogP contribution >= 0.6 is 0 Å². The molecule has 0 saturated carbocycles. The first kappa shape index (κ1) is 24.4. The van der Waals surface area contributed by atoms with E-state index in [0.29, 0.717) is 39.1 Å². The maximum absolute atomic E-state index is 13.1. The molecule has 1 aromatic heterocycles. The van der Waals surface area contributed by atoms with Crippen LogP contribution in [0.2, 0.25) is 0 Å². The van der Waals surface area contributed by atoms with Crippen molar-refractivity contribution in [3.8, 4) is 11.3 Å². The molecular formula is C28H33N5O2. The summed E-state index contributed by atoms with van der Waals surface area (Å²) >= 11 is 0. The average Bonchev–Trinajstić information content (AvgIpc) is 2.89. The minimum Gasteiger partial charge on any atom is -0.352 e. The molecule has 0 aliphatic carbocycles. The van der Waals surface area contributed by atoms with E-state index >= 15 is 0 Å². The normalized spacial score (nSPS) is 13.7. The van der Waals surface area contributed by atoms with Gasteiger partial charge in [-0.15, -0.1) is 10.2 Å². The number of hydrogen-bond donors (Lipinski definition) is 0. The molecule has 35 heavy (non-hydrogen) atoms. The average molecular weight is 472 g/mol. The van der Waals surface area contributed by atoms with Gasteiger partial charge in [-0.3, -0.25) is 9.59 Å². The molecule has 0 N–H and O–H groups in total. The Labute approximate surface area is 207 Å². The Bertz CT molecular complexity index is 1100.